The molecule has 0 aliphatic carbocycles. The van der Waals surface area contributed by atoms with E-state index in [2.05, 4.69) is 27.6 Å². The highest BCUT2D eigenvalue weighted by Crippen LogP contribution is 2.41. The summed E-state index contributed by atoms with van der Waals surface area (Å²) in [5, 5.41) is 11.0. The molecule has 3 heterocycles. The number of likely N-dealkylation sites (tertiary alicyclic amines) is 2. The normalized spacial score (nSPS) is 20.0. The molecule has 0 saturated carbocycles. The molecule has 0 unspecified atom stereocenters. The standard InChI is InChI=1S/C20H28N6O/c1-16-15-21-23-26(16)18-5-3-17(4-6-18)22-19(27)25-13-9-20(10-14-25)7-11-24(2)12-8-20/h3-6,15H,7-14H2,1-2H3,(H,22,27). The average Bonchev–Trinajstić information content (AvgIpc) is 3.11. The van der Waals surface area contributed by atoms with Gasteiger partial charge in [0.15, 0.2) is 0 Å². The van der Waals surface area contributed by atoms with Crippen LogP contribution in [0.1, 0.15) is 31.4 Å². The van der Waals surface area contributed by atoms with Gasteiger partial charge in [-0.15, -0.1) is 5.10 Å². The quantitative estimate of drug-likeness (QED) is 0.885. The Hall–Kier alpha value is -2.41. The molecule has 2 amide bonds. The second kappa shape index (κ2) is 7.31. The summed E-state index contributed by atoms with van der Waals surface area (Å²) in [5.74, 6) is 0. The zero-order chi connectivity index (χ0) is 18.9. The fourth-order valence-electron chi connectivity index (χ4n) is 4.21. The Morgan fingerprint density at radius 1 is 1.04 bits per heavy atom. The zero-order valence-electron chi connectivity index (χ0n) is 16.2. The van der Waals surface area contributed by atoms with Gasteiger partial charge in [-0.25, -0.2) is 9.48 Å². The van der Waals surface area contributed by atoms with E-state index in [9.17, 15) is 4.79 Å². The highest BCUT2D eigenvalue weighted by Gasteiger charge is 2.37. The van der Waals surface area contributed by atoms with E-state index >= 15 is 0 Å². The summed E-state index contributed by atoms with van der Waals surface area (Å²) in [6.07, 6.45) is 6.50. The maximum atomic E-state index is 12.6. The molecule has 4 rings (SSSR count). The summed E-state index contributed by atoms with van der Waals surface area (Å²) < 4.78 is 1.78. The Morgan fingerprint density at radius 3 is 2.26 bits per heavy atom. The van der Waals surface area contributed by atoms with Gasteiger partial charge in [0.1, 0.15) is 0 Å². The first-order valence-corrected chi connectivity index (χ1v) is 9.77. The number of hydrogen-bond acceptors (Lipinski definition) is 4. The monoisotopic (exact) mass is 368 g/mol. The summed E-state index contributed by atoms with van der Waals surface area (Å²) in [6, 6.07) is 7.72. The number of piperidine rings is 2. The maximum Gasteiger partial charge on any atom is 0.321 e. The van der Waals surface area contributed by atoms with Crippen molar-refractivity contribution in [2.24, 2.45) is 5.41 Å². The summed E-state index contributed by atoms with van der Waals surface area (Å²) in [5.41, 5.74) is 3.18. The van der Waals surface area contributed by atoms with Crippen LogP contribution in [0.25, 0.3) is 5.69 Å². The first-order valence-electron chi connectivity index (χ1n) is 9.77. The van der Waals surface area contributed by atoms with E-state index in [0.717, 1.165) is 43.0 Å². The summed E-state index contributed by atoms with van der Waals surface area (Å²) >= 11 is 0. The van der Waals surface area contributed by atoms with Crippen molar-refractivity contribution in [3.63, 3.8) is 0 Å². The molecule has 2 aliphatic rings. The molecule has 1 N–H and O–H groups in total. The number of rotatable bonds is 2. The average molecular weight is 368 g/mol. The lowest BCUT2D eigenvalue weighted by molar-refractivity contribution is 0.0563. The Kier molecular flexibility index (Phi) is 4.86. The molecule has 1 spiro atoms. The van der Waals surface area contributed by atoms with E-state index in [1.807, 2.05) is 36.1 Å². The van der Waals surface area contributed by atoms with Crippen molar-refractivity contribution < 1.29 is 4.79 Å². The minimum atomic E-state index is 0.00228. The predicted molar refractivity (Wildman–Crippen MR) is 105 cm³/mol. The highest BCUT2D eigenvalue weighted by molar-refractivity contribution is 5.89. The van der Waals surface area contributed by atoms with Crippen molar-refractivity contribution in [1.29, 1.82) is 0 Å². The molecule has 2 aliphatic heterocycles. The van der Waals surface area contributed by atoms with Crippen molar-refractivity contribution in [3.05, 3.63) is 36.2 Å². The van der Waals surface area contributed by atoms with Crippen LogP contribution in [0.5, 0.6) is 0 Å². The smallest absolute Gasteiger partial charge is 0.321 e. The van der Waals surface area contributed by atoms with Crippen LogP contribution in [0.2, 0.25) is 0 Å². The van der Waals surface area contributed by atoms with Gasteiger partial charge in [-0.3, -0.25) is 0 Å². The lowest BCUT2D eigenvalue weighted by Crippen LogP contribution is -2.48. The Balaban J connectivity index is 1.33. The highest BCUT2D eigenvalue weighted by atomic mass is 16.2. The van der Waals surface area contributed by atoms with Gasteiger partial charge in [-0.2, -0.15) is 0 Å². The van der Waals surface area contributed by atoms with Gasteiger partial charge in [0.25, 0.3) is 0 Å². The number of aromatic nitrogens is 3. The number of amides is 2. The van der Waals surface area contributed by atoms with Crippen LogP contribution in [0, 0.1) is 12.3 Å². The molecule has 7 heteroatoms. The lowest BCUT2D eigenvalue weighted by atomic mass is 9.71. The molecule has 0 radical (unpaired) electrons. The van der Waals surface area contributed by atoms with E-state index in [4.69, 9.17) is 0 Å². The fraction of sp³-hybridized carbons (Fsp3) is 0.550. The molecule has 0 atom stereocenters. The van der Waals surface area contributed by atoms with Crippen LogP contribution < -0.4 is 5.32 Å². The number of urea groups is 1. The molecule has 2 aromatic rings. The first-order chi connectivity index (χ1) is 13.0. The second-order valence-corrected chi connectivity index (χ2v) is 8.05. The molecule has 144 valence electrons. The SMILES string of the molecule is Cc1cnnn1-c1ccc(NC(=O)N2CCC3(CCN(C)CC3)CC2)cc1. The van der Waals surface area contributed by atoms with Crippen LogP contribution in [-0.4, -0.2) is 64.1 Å². The minimum Gasteiger partial charge on any atom is -0.324 e. The third-order valence-electron chi connectivity index (χ3n) is 6.24. The largest absolute Gasteiger partial charge is 0.324 e. The van der Waals surface area contributed by atoms with Crippen molar-refractivity contribution >= 4 is 11.7 Å². The number of benzene rings is 1. The van der Waals surface area contributed by atoms with Crippen LogP contribution in [-0.2, 0) is 0 Å². The van der Waals surface area contributed by atoms with Crippen molar-refractivity contribution in [3.8, 4) is 5.69 Å². The number of anilines is 1. The maximum absolute atomic E-state index is 12.6. The van der Waals surface area contributed by atoms with Gasteiger partial charge in [0, 0.05) is 18.8 Å². The third-order valence-corrected chi connectivity index (χ3v) is 6.24. The predicted octanol–water partition coefficient (Wildman–Crippen LogP) is 2.92. The summed E-state index contributed by atoms with van der Waals surface area (Å²) in [4.78, 5) is 17.0. The molecular formula is C20H28N6O. The minimum absolute atomic E-state index is 0.00228. The number of hydrogen-bond donors (Lipinski definition) is 1. The number of carbonyl (C=O) groups is 1. The molecule has 7 nitrogen and oxygen atoms in total. The van der Waals surface area contributed by atoms with Gasteiger partial charge < -0.3 is 15.1 Å². The third kappa shape index (κ3) is 3.83. The van der Waals surface area contributed by atoms with Crippen molar-refractivity contribution in [2.75, 3.05) is 38.5 Å². The van der Waals surface area contributed by atoms with Crippen molar-refractivity contribution in [2.45, 2.75) is 32.6 Å². The van der Waals surface area contributed by atoms with Gasteiger partial charge in [-0.05, 0) is 82.4 Å². The molecule has 2 saturated heterocycles. The Bertz CT molecular complexity index is 781. The number of aryl methyl sites for hydroxylation is 1. The first kappa shape index (κ1) is 18.0. The van der Waals surface area contributed by atoms with E-state index in [1.165, 1.54) is 25.9 Å². The number of nitrogens with zero attached hydrogens (tertiary/aromatic N) is 5. The Labute approximate surface area is 160 Å². The van der Waals surface area contributed by atoms with Gasteiger partial charge in [-0.1, -0.05) is 5.21 Å². The van der Waals surface area contributed by atoms with E-state index in [0.29, 0.717) is 5.41 Å². The molecule has 27 heavy (non-hydrogen) atoms. The van der Waals surface area contributed by atoms with Crippen LogP contribution in [0.4, 0.5) is 10.5 Å². The number of carbonyl (C=O) groups excluding carboxylic acids is 1. The zero-order valence-corrected chi connectivity index (χ0v) is 16.2. The molecule has 2 fully saturated rings. The van der Waals surface area contributed by atoms with E-state index in [1.54, 1.807) is 10.9 Å². The number of nitrogens with one attached hydrogen (secondary N) is 1. The van der Waals surface area contributed by atoms with Crippen molar-refractivity contribution in [1.82, 2.24) is 24.8 Å². The van der Waals surface area contributed by atoms with Crippen LogP contribution in [0.15, 0.2) is 30.5 Å². The molecule has 0 bridgehead atoms. The summed E-state index contributed by atoms with van der Waals surface area (Å²) in [7, 11) is 2.20. The molecule has 1 aromatic carbocycles. The molecule has 1 aromatic heterocycles. The molecular weight excluding hydrogens is 340 g/mol. The van der Waals surface area contributed by atoms with E-state index in [-0.39, 0.29) is 6.03 Å². The Morgan fingerprint density at radius 2 is 1.67 bits per heavy atom. The van der Waals surface area contributed by atoms with Gasteiger partial charge in [0.05, 0.1) is 17.6 Å². The van der Waals surface area contributed by atoms with Crippen LogP contribution >= 0.6 is 0 Å². The van der Waals surface area contributed by atoms with Crippen LogP contribution in [0.3, 0.4) is 0 Å². The van der Waals surface area contributed by atoms with E-state index < -0.39 is 0 Å². The topological polar surface area (TPSA) is 66.3 Å². The second-order valence-electron chi connectivity index (χ2n) is 8.05. The fourth-order valence-corrected chi connectivity index (χ4v) is 4.21. The van der Waals surface area contributed by atoms with Gasteiger partial charge in [0.2, 0.25) is 0 Å². The lowest BCUT2D eigenvalue weighted by Gasteiger charge is -2.46. The van der Waals surface area contributed by atoms with Gasteiger partial charge >= 0.3 is 6.03 Å². The summed E-state index contributed by atoms with van der Waals surface area (Å²) in [6.45, 7) is 6.04.